The summed E-state index contributed by atoms with van der Waals surface area (Å²) in [5.41, 5.74) is 3.04. The predicted octanol–water partition coefficient (Wildman–Crippen LogP) is 4.53. The first kappa shape index (κ1) is 21.0. The number of amides is 2. The molecule has 0 bridgehead atoms. The van der Waals surface area contributed by atoms with Crippen molar-refractivity contribution < 1.29 is 9.59 Å². The summed E-state index contributed by atoms with van der Waals surface area (Å²) in [5, 5.41) is 0. The Morgan fingerprint density at radius 1 is 1.05 bits per heavy atom. The van der Waals surface area contributed by atoms with Gasteiger partial charge in [-0.15, -0.1) is 5.73 Å². The molecule has 0 aromatic heterocycles. The van der Waals surface area contributed by atoms with Crippen LogP contribution in [-0.4, -0.2) is 29.0 Å². The second-order valence-electron chi connectivity index (χ2n) is 5.48. The number of carbonyl (C=O) groups is 2. The summed E-state index contributed by atoms with van der Waals surface area (Å²) in [5.74, 6) is 0.0845. The fourth-order valence-corrected chi connectivity index (χ4v) is 2.38. The minimum absolute atomic E-state index is 0.182. The lowest BCUT2D eigenvalue weighted by Crippen LogP contribution is -2.36. The van der Waals surface area contributed by atoms with E-state index in [-0.39, 0.29) is 18.2 Å². The number of unbranched alkanes of at least 4 members (excludes halogenated alkanes) is 7. The third-order valence-electron chi connectivity index (χ3n) is 3.47. The SMILES string of the molecule is CCCCCCCCCC=C=CCC(=O)N(CCS)C(C)=O. The van der Waals surface area contributed by atoms with Crippen molar-refractivity contribution in [1.82, 2.24) is 4.90 Å². The molecule has 0 rings (SSSR count). The van der Waals surface area contributed by atoms with Crippen LogP contribution in [0.15, 0.2) is 17.9 Å². The van der Waals surface area contributed by atoms with E-state index in [1.807, 2.05) is 6.08 Å². The Morgan fingerprint density at radius 3 is 2.27 bits per heavy atom. The van der Waals surface area contributed by atoms with Crippen LogP contribution in [0, 0.1) is 0 Å². The van der Waals surface area contributed by atoms with E-state index in [4.69, 9.17) is 0 Å². The van der Waals surface area contributed by atoms with Gasteiger partial charge in [-0.2, -0.15) is 12.6 Å². The largest absolute Gasteiger partial charge is 0.282 e. The highest BCUT2D eigenvalue weighted by molar-refractivity contribution is 7.80. The van der Waals surface area contributed by atoms with E-state index in [1.165, 1.54) is 56.8 Å². The van der Waals surface area contributed by atoms with E-state index in [0.29, 0.717) is 12.3 Å². The van der Waals surface area contributed by atoms with Gasteiger partial charge < -0.3 is 0 Å². The molecule has 0 N–H and O–H groups in total. The van der Waals surface area contributed by atoms with E-state index >= 15 is 0 Å². The molecule has 0 aliphatic carbocycles. The van der Waals surface area contributed by atoms with Crippen LogP contribution in [-0.2, 0) is 9.59 Å². The van der Waals surface area contributed by atoms with Gasteiger partial charge >= 0.3 is 0 Å². The normalized spacial score (nSPS) is 9.95. The van der Waals surface area contributed by atoms with Crippen molar-refractivity contribution in [2.24, 2.45) is 0 Å². The predicted molar refractivity (Wildman–Crippen MR) is 96.1 cm³/mol. The van der Waals surface area contributed by atoms with Crippen LogP contribution in [0.1, 0.15) is 71.6 Å². The van der Waals surface area contributed by atoms with Gasteiger partial charge in [-0.05, 0) is 25.0 Å². The molecular formula is C18H31NO2S. The molecule has 0 saturated carbocycles. The molecule has 0 fully saturated rings. The number of hydrogen-bond acceptors (Lipinski definition) is 3. The van der Waals surface area contributed by atoms with Gasteiger partial charge in [-0.1, -0.05) is 45.4 Å². The van der Waals surface area contributed by atoms with Crippen molar-refractivity contribution in [3.05, 3.63) is 17.9 Å². The maximum atomic E-state index is 11.8. The molecule has 3 nitrogen and oxygen atoms in total. The Bertz CT molecular complexity index is 373. The minimum atomic E-state index is -0.223. The number of nitrogens with zero attached hydrogens (tertiary/aromatic N) is 1. The lowest BCUT2D eigenvalue weighted by molar-refractivity contribution is -0.142. The molecule has 0 spiro atoms. The summed E-state index contributed by atoms with van der Waals surface area (Å²) >= 11 is 4.05. The zero-order valence-corrected chi connectivity index (χ0v) is 15.0. The van der Waals surface area contributed by atoms with E-state index in [9.17, 15) is 9.59 Å². The molecule has 22 heavy (non-hydrogen) atoms. The van der Waals surface area contributed by atoms with Crippen molar-refractivity contribution in [1.29, 1.82) is 0 Å². The fraction of sp³-hybridized carbons (Fsp3) is 0.722. The third kappa shape index (κ3) is 11.6. The minimum Gasteiger partial charge on any atom is -0.282 e. The maximum absolute atomic E-state index is 11.8. The second kappa shape index (κ2) is 14.9. The summed E-state index contributed by atoms with van der Waals surface area (Å²) in [6, 6.07) is 0. The molecule has 126 valence electrons. The van der Waals surface area contributed by atoms with Crippen molar-refractivity contribution in [2.45, 2.75) is 71.6 Å². The van der Waals surface area contributed by atoms with Crippen LogP contribution in [0.2, 0.25) is 0 Å². The Labute approximate surface area is 141 Å². The summed E-state index contributed by atoms with van der Waals surface area (Å²) < 4.78 is 0. The van der Waals surface area contributed by atoms with Gasteiger partial charge in [0.1, 0.15) is 0 Å². The Hall–Kier alpha value is -0.990. The van der Waals surface area contributed by atoms with Crippen LogP contribution in [0.25, 0.3) is 0 Å². The monoisotopic (exact) mass is 325 g/mol. The highest BCUT2D eigenvalue weighted by Crippen LogP contribution is 2.08. The average Bonchev–Trinajstić information content (AvgIpc) is 2.49. The van der Waals surface area contributed by atoms with Crippen LogP contribution in [0.4, 0.5) is 0 Å². The highest BCUT2D eigenvalue weighted by Gasteiger charge is 2.14. The topological polar surface area (TPSA) is 37.4 Å². The van der Waals surface area contributed by atoms with Crippen LogP contribution in [0.5, 0.6) is 0 Å². The zero-order chi connectivity index (χ0) is 16.6. The van der Waals surface area contributed by atoms with Crippen LogP contribution in [0.3, 0.4) is 0 Å². The first-order chi connectivity index (χ1) is 10.6. The molecule has 0 atom stereocenters. The van der Waals surface area contributed by atoms with Crippen LogP contribution < -0.4 is 0 Å². The second-order valence-corrected chi connectivity index (χ2v) is 5.92. The number of imide groups is 1. The van der Waals surface area contributed by atoms with Gasteiger partial charge in [-0.3, -0.25) is 14.5 Å². The van der Waals surface area contributed by atoms with Crippen molar-refractivity contribution in [2.75, 3.05) is 12.3 Å². The van der Waals surface area contributed by atoms with Gasteiger partial charge in [0.15, 0.2) is 0 Å². The van der Waals surface area contributed by atoms with Gasteiger partial charge in [0.2, 0.25) is 11.8 Å². The standard InChI is InChI=1S/C18H31NO2S/c1-3-4-5-6-7-8-9-10-11-12-13-14-18(21)19(15-16-22)17(2)20/h11,13,22H,3-10,14-16H2,1-2H3. The molecule has 4 heteroatoms. The van der Waals surface area contributed by atoms with Crippen molar-refractivity contribution in [3.63, 3.8) is 0 Å². The van der Waals surface area contributed by atoms with Gasteiger partial charge in [0, 0.05) is 19.2 Å². The molecule has 0 aliphatic heterocycles. The highest BCUT2D eigenvalue weighted by atomic mass is 32.1. The Balaban J connectivity index is 3.78. The van der Waals surface area contributed by atoms with Crippen molar-refractivity contribution in [3.8, 4) is 0 Å². The Morgan fingerprint density at radius 2 is 1.68 bits per heavy atom. The summed E-state index contributed by atoms with van der Waals surface area (Å²) in [7, 11) is 0. The zero-order valence-electron chi connectivity index (χ0n) is 14.1. The van der Waals surface area contributed by atoms with E-state index in [2.05, 4.69) is 25.3 Å². The number of carbonyl (C=O) groups excluding carboxylic acids is 2. The first-order valence-corrected chi connectivity index (χ1v) is 9.07. The summed E-state index contributed by atoms with van der Waals surface area (Å²) in [4.78, 5) is 24.4. The Kier molecular flexibility index (Phi) is 14.3. The lowest BCUT2D eigenvalue weighted by Gasteiger charge is -2.16. The average molecular weight is 326 g/mol. The van der Waals surface area contributed by atoms with Gasteiger partial charge in [0.05, 0.1) is 6.42 Å². The lowest BCUT2D eigenvalue weighted by atomic mass is 10.1. The van der Waals surface area contributed by atoms with Gasteiger partial charge in [0.25, 0.3) is 0 Å². The molecule has 0 aliphatic rings. The van der Waals surface area contributed by atoms with Gasteiger partial charge in [-0.25, -0.2) is 0 Å². The molecular weight excluding hydrogens is 294 g/mol. The number of thiol groups is 1. The molecule has 0 aromatic carbocycles. The number of rotatable bonds is 12. The molecule has 0 heterocycles. The molecule has 0 aromatic rings. The summed E-state index contributed by atoms with van der Waals surface area (Å²) in [6.45, 7) is 4.00. The molecule has 2 amide bonds. The smallest absolute Gasteiger partial charge is 0.233 e. The maximum Gasteiger partial charge on any atom is 0.233 e. The van der Waals surface area contributed by atoms with Crippen LogP contribution >= 0.6 is 12.6 Å². The first-order valence-electron chi connectivity index (χ1n) is 8.44. The fourth-order valence-electron chi connectivity index (χ4n) is 2.18. The van der Waals surface area contributed by atoms with E-state index in [1.54, 1.807) is 6.08 Å². The third-order valence-corrected chi connectivity index (χ3v) is 3.67. The molecule has 0 unspecified atom stereocenters. The quantitative estimate of drug-likeness (QED) is 0.325. The summed E-state index contributed by atoms with van der Waals surface area (Å²) in [6.07, 6.45) is 14.0. The molecule has 0 radical (unpaired) electrons. The van der Waals surface area contributed by atoms with Crippen molar-refractivity contribution >= 4 is 24.4 Å². The number of hydrogen-bond donors (Lipinski definition) is 1. The van der Waals surface area contributed by atoms with E-state index in [0.717, 1.165) is 6.42 Å². The molecule has 0 saturated heterocycles. The van der Waals surface area contributed by atoms with E-state index < -0.39 is 0 Å².